The molecule has 4 rings (SSSR count). The number of aromatic nitrogens is 4. The number of aliphatic hydroxyl groups excluding tert-OH is 2. The van der Waals surface area contributed by atoms with Crippen molar-refractivity contribution in [2.45, 2.75) is 49.1 Å². The Hall–Kier alpha value is -1.83. The lowest BCUT2D eigenvalue weighted by atomic mass is 10.1. The number of aliphatic hydroxyl groups is 2. The Morgan fingerprint density at radius 2 is 1.26 bits per heavy atom. The van der Waals surface area contributed by atoms with Gasteiger partial charge in [0, 0.05) is 51.0 Å². The van der Waals surface area contributed by atoms with E-state index in [1.807, 2.05) is 0 Å². The van der Waals surface area contributed by atoms with Crippen LogP contribution < -0.4 is 22.5 Å². The molecule has 0 aromatic carbocycles. The van der Waals surface area contributed by atoms with Crippen LogP contribution in [0.5, 0.6) is 0 Å². The van der Waals surface area contributed by atoms with Crippen molar-refractivity contribution in [1.82, 2.24) is 19.1 Å². The number of rotatable bonds is 10. The Bertz CT molecular complexity index is 1280. The molecule has 2 aromatic heterocycles. The number of nitrogens with one attached hydrogen (secondary N) is 2. The van der Waals surface area contributed by atoms with Crippen LogP contribution in [0.2, 0.25) is 0 Å². The van der Waals surface area contributed by atoms with Crippen LogP contribution >= 0.6 is 18.4 Å². The van der Waals surface area contributed by atoms with Crippen molar-refractivity contribution < 1.29 is 38.2 Å². The van der Waals surface area contributed by atoms with Gasteiger partial charge in [-0.3, -0.25) is 28.7 Å². The molecule has 16 nitrogen and oxygen atoms in total. The summed E-state index contributed by atoms with van der Waals surface area (Å²) < 4.78 is 35.7. The third-order valence-electron chi connectivity index (χ3n) is 6.04. The normalized spacial score (nSPS) is 32.4. The second-order valence-corrected chi connectivity index (χ2v) is 13.9. The fourth-order valence-electron chi connectivity index (χ4n) is 4.34. The van der Waals surface area contributed by atoms with E-state index in [0.717, 1.165) is 33.7 Å². The maximum absolute atomic E-state index is 12.3. The molecule has 0 bridgehead atoms. The van der Waals surface area contributed by atoms with Crippen molar-refractivity contribution in [2.24, 2.45) is 0 Å². The topological polar surface area (TPSA) is 206 Å². The van der Waals surface area contributed by atoms with Gasteiger partial charge in [0.15, 0.2) is 24.7 Å². The van der Waals surface area contributed by atoms with Crippen molar-refractivity contribution in [2.75, 3.05) is 27.4 Å². The van der Waals surface area contributed by atoms with E-state index in [1.54, 1.807) is 0 Å². The van der Waals surface area contributed by atoms with Crippen molar-refractivity contribution in [1.29, 1.82) is 0 Å². The van der Waals surface area contributed by atoms with Gasteiger partial charge in [0.25, 0.3) is 11.1 Å². The zero-order valence-electron chi connectivity index (χ0n) is 20.5. The molecule has 19 heteroatoms. The molecule has 0 radical (unpaired) electrons. The molecule has 2 aromatic rings. The number of hydrogen-bond acceptors (Lipinski definition) is 14. The summed E-state index contributed by atoms with van der Waals surface area (Å²) in [7, 11) is 2.78. The second-order valence-electron chi connectivity index (χ2n) is 8.67. The standard InChI is InChI=1S/C20H27N4O12PS2/c1-31-7-9-15(13(27)17(33-9)23-5-3-11(25)21-19(23)29)35-37(38,39)36-16-10(8-32-2)34-18(14(16)28)24-6-4-12(26)22-20(24)30/h3-6,9-10,13-18,27-28H,7-8H2,1-2H3,(H,38,39)(H,21,25,29)(H,22,26,30)/t9-,10-,13-,14-,15-,16-,17-,18-/m1/s1. The molecule has 4 N–H and O–H groups in total. The molecule has 0 aliphatic carbocycles. The van der Waals surface area contributed by atoms with E-state index in [4.69, 9.17) is 40.2 Å². The summed E-state index contributed by atoms with van der Waals surface area (Å²) in [6.45, 7) is -0.143. The van der Waals surface area contributed by atoms with Gasteiger partial charge >= 0.3 is 11.4 Å². The third kappa shape index (κ3) is 6.57. The van der Waals surface area contributed by atoms with Gasteiger partial charge in [-0.1, -0.05) is 0 Å². The van der Waals surface area contributed by atoms with Crippen molar-refractivity contribution in [3.05, 3.63) is 66.2 Å². The Morgan fingerprint density at radius 1 is 0.872 bits per heavy atom. The van der Waals surface area contributed by atoms with Gasteiger partial charge in [0.05, 0.1) is 13.2 Å². The van der Waals surface area contributed by atoms with Gasteiger partial charge in [-0.15, -0.1) is 0 Å². The molecule has 0 spiro atoms. The number of nitrogens with zero attached hydrogens (tertiary/aromatic N) is 2. The Labute approximate surface area is 230 Å². The van der Waals surface area contributed by atoms with Gasteiger partial charge in [0.2, 0.25) is 6.12 Å². The number of ether oxygens (including phenoxy) is 4. The molecule has 2 aliphatic rings. The average molecular weight is 611 g/mol. The van der Waals surface area contributed by atoms with Crippen LogP contribution in [0.4, 0.5) is 0 Å². The molecule has 8 atom stereocenters. The predicted octanol–water partition coefficient (Wildman–Crippen LogP) is -2.18. The van der Waals surface area contributed by atoms with E-state index in [2.05, 4.69) is 22.2 Å². The number of hydrogen-bond donors (Lipinski definition) is 5. The summed E-state index contributed by atoms with van der Waals surface area (Å²) in [5, 5.41) is 22.0. The summed E-state index contributed by atoms with van der Waals surface area (Å²) >= 11 is 9.85. The molecular formula is C20H27N4O12PS2. The van der Waals surface area contributed by atoms with Gasteiger partial charge in [0.1, 0.15) is 24.4 Å². The smallest absolute Gasteiger partial charge is 0.330 e. The molecule has 39 heavy (non-hydrogen) atoms. The van der Waals surface area contributed by atoms with E-state index in [9.17, 15) is 29.4 Å². The molecular weight excluding hydrogens is 583 g/mol. The number of methoxy groups -OCH3 is 2. The maximum Gasteiger partial charge on any atom is 0.330 e. The van der Waals surface area contributed by atoms with E-state index in [1.165, 1.54) is 14.2 Å². The fraction of sp³-hybridized carbons (Fsp3) is 0.600. The lowest BCUT2D eigenvalue weighted by Crippen LogP contribution is -2.40. The van der Waals surface area contributed by atoms with Crippen LogP contribution in [0.15, 0.2) is 43.7 Å². The number of thiol groups is 1. The van der Waals surface area contributed by atoms with Gasteiger partial charge in [-0.05, 0) is 0 Å². The molecule has 2 aliphatic heterocycles. The van der Waals surface area contributed by atoms with Crippen LogP contribution in [-0.4, -0.2) is 93.4 Å². The van der Waals surface area contributed by atoms with Crippen molar-refractivity contribution in [3.8, 4) is 0 Å². The third-order valence-corrected chi connectivity index (χ3v) is 8.14. The van der Waals surface area contributed by atoms with Crippen LogP contribution in [0.1, 0.15) is 12.5 Å². The minimum atomic E-state index is -3.62. The second kappa shape index (κ2) is 12.4. The van der Waals surface area contributed by atoms with Gasteiger partial charge in [-0.25, -0.2) is 18.6 Å². The van der Waals surface area contributed by atoms with Gasteiger partial charge < -0.3 is 41.4 Å². The minimum absolute atomic E-state index is 0.0713. The highest BCUT2D eigenvalue weighted by molar-refractivity contribution is 8.76. The zero-order chi connectivity index (χ0) is 28.5. The highest BCUT2D eigenvalue weighted by atomic mass is 33.1. The first-order chi connectivity index (χ1) is 18.5. The van der Waals surface area contributed by atoms with E-state index in [-0.39, 0.29) is 13.2 Å². The molecule has 0 saturated carbocycles. The quantitative estimate of drug-likeness (QED) is 0.110. The monoisotopic (exact) mass is 610 g/mol. The first-order valence-corrected chi connectivity index (χ1v) is 15.2. The SMILES string of the molecule is COC[C@H]1O[C@@H](n2ccc(=O)[nH]c2=O)[C@H](O)[C@@H]1O[P+]([S-])(S)O[C@H]1[C@@H](O)[C@H](n2ccc(=O)[nH]c2=O)O[C@@H]1COC. The summed E-state index contributed by atoms with van der Waals surface area (Å²) in [4.78, 5) is 51.6. The van der Waals surface area contributed by atoms with Crippen LogP contribution in [0.3, 0.4) is 0 Å². The maximum atomic E-state index is 12.3. The summed E-state index contributed by atoms with van der Waals surface area (Å²) in [6, 6.07) is 2.18. The van der Waals surface area contributed by atoms with Crippen molar-refractivity contribution in [3.63, 3.8) is 0 Å². The van der Waals surface area contributed by atoms with E-state index in [0.29, 0.717) is 0 Å². The van der Waals surface area contributed by atoms with Crippen molar-refractivity contribution >= 4 is 30.6 Å². The Balaban J connectivity index is 1.55. The highest BCUT2D eigenvalue weighted by Gasteiger charge is 2.54. The van der Waals surface area contributed by atoms with Crippen LogP contribution in [0.25, 0.3) is 0 Å². The fourth-order valence-corrected chi connectivity index (χ4v) is 6.78. The summed E-state index contributed by atoms with van der Waals surface area (Å²) in [6.07, 6.45) is -11.0. The molecule has 2 saturated heterocycles. The molecule has 0 unspecified atom stereocenters. The molecule has 216 valence electrons. The Morgan fingerprint density at radius 3 is 1.59 bits per heavy atom. The number of aromatic amines is 2. The van der Waals surface area contributed by atoms with Crippen LogP contribution in [0, 0.1) is 0 Å². The predicted molar refractivity (Wildman–Crippen MR) is 139 cm³/mol. The average Bonchev–Trinajstić information content (AvgIpc) is 3.31. The summed E-state index contributed by atoms with van der Waals surface area (Å²) in [5.74, 6) is 0. The molecule has 0 amide bonds. The number of H-pyrrole nitrogens is 2. The van der Waals surface area contributed by atoms with Gasteiger partial charge in [-0.2, -0.15) is 0 Å². The first-order valence-electron chi connectivity index (χ1n) is 11.4. The van der Waals surface area contributed by atoms with E-state index < -0.39 is 77.7 Å². The van der Waals surface area contributed by atoms with E-state index >= 15 is 0 Å². The Kier molecular flexibility index (Phi) is 9.55. The largest absolute Gasteiger partial charge is 0.480 e. The van der Waals surface area contributed by atoms with Crippen LogP contribution in [-0.2, 0) is 40.2 Å². The molecule has 4 heterocycles. The lowest BCUT2D eigenvalue weighted by molar-refractivity contribution is -0.0621. The zero-order valence-corrected chi connectivity index (χ0v) is 23.1. The highest BCUT2D eigenvalue weighted by Crippen LogP contribution is 2.67. The minimum Gasteiger partial charge on any atom is -0.480 e. The lowest BCUT2D eigenvalue weighted by Gasteiger charge is -2.32. The molecule has 2 fully saturated rings. The first kappa shape index (κ1) is 30.1. The summed E-state index contributed by atoms with van der Waals surface area (Å²) in [5.41, 5.74) is -2.89.